The smallest absolute Gasteiger partial charge is 0.227 e. The van der Waals surface area contributed by atoms with Gasteiger partial charge in [0.05, 0.1) is 6.42 Å². The molecule has 1 atom stereocenters. The van der Waals surface area contributed by atoms with Gasteiger partial charge in [-0.1, -0.05) is 19.1 Å². The molecule has 0 bridgehead atoms. The Labute approximate surface area is 119 Å². The maximum atomic E-state index is 11.9. The Balaban J connectivity index is 2.52. The van der Waals surface area contributed by atoms with Crippen molar-refractivity contribution in [3.8, 4) is 0 Å². The van der Waals surface area contributed by atoms with Crippen molar-refractivity contribution >= 4 is 17.5 Å². The van der Waals surface area contributed by atoms with Gasteiger partial charge < -0.3 is 16.4 Å². The van der Waals surface area contributed by atoms with Crippen molar-refractivity contribution in [2.24, 2.45) is 11.7 Å². The number of likely N-dealkylation sites (N-methyl/N-ethyl adjacent to an activating group) is 1. The maximum absolute atomic E-state index is 11.9. The number of nitrogens with two attached hydrogens (primary N) is 1. The molecule has 1 rings (SSSR count). The number of amides is 2. The van der Waals surface area contributed by atoms with Crippen LogP contribution < -0.4 is 16.4 Å². The van der Waals surface area contributed by atoms with Gasteiger partial charge in [-0.2, -0.15) is 0 Å². The molecule has 0 saturated carbocycles. The molecule has 1 aromatic carbocycles. The fourth-order valence-electron chi connectivity index (χ4n) is 1.80. The fraction of sp³-hybridized carbons (Fsp3) is 0.467. The third kappa shape index (κ3) is 5.40. The summed E-state index contributed by atoms with van der Waals surface area (Å²) in [6.07, 6.45) is 1.98. The van der Waals surface area contributed by atoms with Crippen molar-refractivity contribution in [1.29, 1.82) is 0 Å². The van der Waals surface area contributed by atoms with E-state index in [4.69, 9.17) is 5.73 Å². The molecule has 110 valence electrons. The Morgan fingerprint density at radius 1 is 1.25 bits per heavy atom. The monoisotopic (exact) mass is 277 g/mol. The van der Waals surface area contributed by atoms with Crippen molar-refractivity contribution in [2.75, 3.05) is 18.9 Å². The van der Waals surface area contributed by atoms with Crippen LogP contribution in [0.25, 0.3) is 0 Å². The normalized spacial score (nSPS) is 11.8. The van der Waals surface area contributed by atoms with Crippen LogP contribution >= 0.6 is 0 Å². The molecule has 0 aliphatic rings. The van der Waals surface area contributed by atoms with E-state index in [2.05, 4.69) is 10.6 Å². The minimum atomic E-state index is -0.0518. The zero-order valence-corrected chi connectivity index (χ0v) is 12.1. The van der Waals surface area contributed by atoms with Gasteiger partial charge in [-0.05, 0) is 37.1 Å². The first-order valence-corrected chi connectivity index (χ1v) is 6.87. The van der Waals surface area contributed by atoms with E-state index in [-0.39, 0.29) is 17.7 Å². The van der Waals surface area contributed by atoms with Gasteiger partial charge in [0.15, 0.2) is 0 Å². The third-order valence-electron chi connectivity index (χ3n) is 3.15. The second-order valence-corrected chi connectivity index (χ2v) is 4.87. The zero-order chi connectivity index (χ0) is 15.0. The molecule has 0 heterocycles. The molecule has 0 saturated heterocycles. The van der Waals surface area contributed by atoms with Crippen LogP contribution in [-0.2, 0) is 16.0 Å². The summed E-state index contributed by atoms with van der Waals surface area (Å²) in [7, 11) is 1.61. The SMILES string of the molecule is CNC(=O)Cc1ccc(NC(=O)C(C)CCCN)cc1. The van der Waals surface area contributed by atoms with Gasteiger partial charge in [0, 0.05) is 18.7 Å². The van der Waals surface area contributed by atoms with E-state index in [1.807, 2.05) is 31.2 Å². The Morgan fingerprint density at radius 3 is 2.45 bits per heavy atom. The Bertz CT molecular complexity index is 443. The number of hydrogen-bond acceptors (Lipinski definition) is 3. The molecule has 20 heavy (non-hydrogen) atoms. The van der Waals surface area contributed by atoms with Crippen LogP contribution in [0, 0.1) is 5.92 Å². The molecule has 0 fully saturated rings. The highest BCUT2D eigenvalue weighted by atomic mass is 16.2. The number of carbonyl (C=O) groups excluding carboxylic acids is 2. The third-order valence-corrected chi connectivity index (χ3v) is 3.15. The molecule has 0 aliphatic carbocycles. The fourth-order valence-corrected chi connectivity index (χ4v) is 1.80. The van der Waals surface area contributed by atoms with Crippen LogP contribution in [0.3, 0.4) is 0 Å². The molecule has 0 aliphatic heterocycles. The van der Waals surface area contributed by atoms with Crippen LogP contribution in [-0.4, -0.2) is 25.4 Å². The molecule has 1 unspecified atom stereocenters. The van der Waals surface area contributed by atoms with Crippen LogP contribution in [0.4, 0.5) is 5.69 Å². The van der Waals surface area contributed by atoms with E-state index in [1.54, 1.807) is 7.05 Å². The van der Waals surface area contributed by atoms with E-state index in [1.165, 1.54) is 0 Å². The predicted molar refractivity (Wildman–Crippen MR) is 80.3 cm³/mol. The molecule has 1 aromatic rings. The van der Waals surface area contributed by atoms with E-state index in [0.717, 1.165) is 24.1 Å². The lowest BCUT2D eigenvalue weighted by molar-refractivity contribution is -0.120. The lowest BCUT2D eigenvalue weighted by Crippen LogP contribution is -2.21. The highest BCUT2D eigenvalue weighted by molar-refractivity contribution is 5.92. The van der Waals surface area contributed by atoms with Crippen molar-refractivity contribution < 1.29 is 9.59 Å². The number of anilines is 1. The van der Waals surface area contributed by atoms with Gasteiger partial charge in [0.1, 0.15) is 0 Å². The first-order valence-electron chi connectivity index (χ1n) is 6.87. The van der Waals surface area contributed by atoms with Gasteiger partial charge >= 0.3 is 0 Å². The summed E-state index contributed by atoms with van der Waals surface area (Å²) >= 11 is 0. The Hall–Kier alpha value is -1.88. The van der Waals surface area contributed by atoms with Crippen molar-refractivity contribution in [1.82, 2.24) is 5.32 Å². The van der Waals surface area contributed by atoms with Crippen LogP contribution in [0.5, 0.6) is 0 Å². The van der Waals surface area contributed by atoms with Gasteiger partial charge in [-0.25, -0.2) is 0 Å². The molecule has 5 nitrogen and oxygen atoms in total. The molecule has 0 spiro atoms. The summed E-state index contributed by atoms with van der Waals surface area (Å²) in [4.78, 5) is 23.2. The summed E-state index contributed by atoms with van der Waals surface area (Å²) in [6.45, 7) is 2.50. The summed E-state index contributed by atoms with van der Waals surface area (Å²) < 4.78 is 0. The summed E-state index contributed by atoms with van der Waals surface area (Å²) in [5.74, 6) is -0.0845. The molecule has 0 radical (unpaired) electrons. The lowest BCUT2D eigenvalue weighted by atomic mass is 10.0. The number of carbonyl (C=O) groups is 2. The van der Waals surface area contributed by atoms with Gasteiger partial charge in [-0.3, -0.25) is 9.59 Å². The minimum Gasteiger partial charge on any atom is -0.359 e. The zero-order valence-electron chi connectivity index (χ0n) is 12.1. The Kier molecular flexibility index (Phi) is 6.73. The summed E-state index contributed by atoms with van der Waals surface area (Å²) in [5, 5.41) is 5.44. The van der Waals surface area contributed by atoms with E-state index >= 15 is 0 Å². The van der Waals surface area contributed by atoms with Crippen molar-refractivity contribution in [3.05, 3.63) is 29.8 Å². The first-order chi connectivity index (χ1) is 9.56. The first kappa shape index (κ1) is 16.2. The second kappa shape index (κ2) is 8.32. The average molecular weight is 277 g/mol. The van der Waals surface area contributed by atoms with Crippen LogP contribution in [0.1, 0.15) is 25.3 Å². The molecule has 2 amide bonds. The topological polar surface area (TPSA) is 84.2 Å². The lowest BCUT2D eigenvalue weighted by Gasteiger charge is -2.12. The number of nitrogens with one attached hydrogen (secondary N) is 2. The quantitative estimate of drug-likeness (QED) is 0.702. The highest BCUT2D eigenvalue weighted by Crippen LogP contribution is 2.13. The molecule has 4 N–H and O–H groups in total. The van der Waals surface area contributed by atoms with Gasteiger partial charge in [-0.15, -0.1) is 0 Å². The largest absolute Gasteiger partial charge is 0.359 e. The summed E-state index contributed by atoms with van der Waals surface area (Å²) in [5.41, 5.74) is 7.09. The second-order valence-electron chi connectivity index (χ2n) is 4.87. The minimum absolute atomic E-state index is 0.00231. The summed E-state index contributed by atoms with van der Waals surface area (Å²) in [6, 6.07) is 7.31. The predicted octanol–water partition coefficient (Wildman–Crippen LogP) is 1.29. The molecular weight excluding hydrogens is 254 g/mol. The average Bonchev–Trinajstić information content (AvgIpc) is 2.46. The number of rotatable bonds is 7. The number of hydrogen-bond donors (Lipinski definition) is 3. The van der Waals surface area contributed by atoms with Crippen molar-refractivity contribution in [3.63, 3.8) is 0 Å². The maximum Gasteiger partial charge on any atom is 0.227 e. The van der Waals surface area contributed by atoms with Crippen LogP contribution in [0.15, 0.2) is 24.3 Å². The molecule has 0 aromatic heterocycles. The van der Waals surface area contributed by atoms with Gasteiger partial charge in [0.25, 0.3) is 0 Å². The van der Waals surface area contributed by atoms with Crippen LogP contribution in [0.2, 0.25) is 0 Å². The van der Waals surface area contributed by atoms with Crippen molar-refractivity contribution in [2.45, 2.75) is 26.2 Å². The number of benzene rings is 1. The van der Waals surface area contributed by atoms with E-state index in [9.17, 15) is 9.59 Å². The Morgan fingerprint density at radius 2 is 1.90 bits per heavy atom. The molecule has 5 heteroatoms. The highest BCUT2D eigenvalue weighted by Gasteiger charge is 2.12. The van der Waals surface area contributed by atoms with E-state index in [0.29, 0.717) is 13.0 Å². The van der Waals surface area contributed by atoms with E-state index < -0.39 is 0 Å². The van der Waals surface area contributed by atoms with Gasteiger partial charge in [0.2, 0.25) is 11.8 Å². The molecular formula is C15H23N3O2. The standard InChI is InChI=1S/C15H23N3O2/c1-11(4-3-9-16)15(20)18-13-7-5-12(6-8-13)10-14(19)17-2/h5-8,11H,3-4,9-10,16H2,1-2H3,(H,17,19)(H,18,20).